The smallest absolute Gasteiger partial charge is 0.449 e. The average Bonchev–Trinajstić information content (AvgIpc) is 2.44. The molecule has 0 aliphatic heterocycles. The Hall–Kier alpha value is -2.67. The number of carboxylic acid groups (broad SMARTS) is 1. The largest absolute Gasteiger partial charge is 0.511 e. The molecular weight excluding hydrogens is 315 g/mol. The Morgan fingerprint density at radius 3 is 2.82 bits per heavy atom. The van der Waals surface area contributed by atoms with Crippen molar-refractivity contribution < 1.29 is 19.0 Å². The number of ether oxygens (including phenoxy) is 1. The molecule has 3 aromatic rings. The Kier molecular flexibility index (Phi) is 3.22. The Bertz CT molecular complexity index is 1000. The zero-order chi connectivity index (χ0) is 16.0. The highest BCUT2D eigenvalue weighted by atomic mass is 35.5. The standard InChI is InChI=1S/C14H8ClFN2O4/c1-18-5-11(22-14(20)21)12(19)7-2-6-3-9(16)8(15)4-10(6)17-13(7)18/h2-5H,1H3,(H,20,21). The van der Waals surface area contributed by atoms with Crippen LogP contribution in [0.15, 0.2) is 29.2 Å². The third kappa shape index (κ3) is 2.25. The lowest BCUT2D eigenvalue weighted by molar-refractivity contribution is 0.144. The Balaban J connectivity index is 2.40. The monoisotopic (exact) mass is 322 g/mol. The number of fused-ring (bicyclic) bond motifs is 2. The highest BCUT2D eigenvalue weighted by molar-refractivity contribution is 6.31. The Morgan fingerprint density at radius 1 is 1.41 bits per heavy atom. The van der Waals surface area contributed by atoms with Gasteiger partial charge in [0.2, 0.25) is 5.43 Å². The second kappa shape index (κ2) is 4.96. The van der Waals surface area contributed by atoms with Crippen molar-refractivity contribution in [1.82, 2.24) is 9.55 Å². The van der Waals surface area contributed by atoms with Crippen LogP contribution < -0.4 is 10.2 Å². The van der Waals surface area contributed by atoms with E-state index in [2.05, 4.69) is 9.72 Å². The van der Waals surface area contributed by atoms with E-state index in [1.807, 2.05) is 0 Å². The molecule has 0 bridgehead atoms. The lowest BCUT2D eigenvalue weighted by atomic mass is 10.1. The topological polar surface area (TPSA) is 81.4 Å². The molecule has 1 aromatic carbocycles. The SMILES string of the molecule is Cn1cc(OC(=O)O)c(=O)c2cc3cc(F)c(Cl)cc3nc21. The maximum absolute atomic E-state index is 13.5. The summed E-state index contributed by atoms with van der Waals surface area (Å²) in [5.74, 6) is -0.983. The molecular formula is C14H8ClFN2O4. The van der Waals surface area contributed by atoms with E-state index in [1.54, 1.807) is 7.05 Å². The van der Waals surface area contributed by atoms with Crippen molar-refractivity contribution >= 4 is 39.7 Å². The maximum Gasteiger partial charge on any atom is 0.511 e. The van der Waals surface area contributed by atoms with E-state index in [0.717, 1.165) is 6.07 Å². The molecule has 0 radical (unpaired) electrons. The normalized spacial score (nSPS) is 11.0. The number of benzene rings is 1. The lowest BCUT2D eigenvalue weighted by Gasteiger charge is -2.09. The van der Waals surface area contributed by atoms with Crippen LogP contribution in [0.2, 0.25) is 5.02 Å². The van der Waals surface area contributed by atoms with Gasteiger partial charge in [0.1, 0.15) is 11.5 Å². The molecule has 3 rings (SSSR count). The first kappa shape index (κ1) is 14.3. The van der Waals surface area contributed by atoms with Crippen LogP contribution in [0.25, 0.3) is 21.9 Å². The number of aryl methyl sites for hydroxylation is 1. The molecule has 112 valence electrons. The molecule has 0 aliphatic rings. The highest BCUT2D eigenvalue weighted by Crippen LogP contribution is 2.24. The fraction of sp³-hybridized carbons (Fsp3) is 0.0714. The molecule has 0 saturated carbocycles. The second-order valence-electron chi connectivity index (χ2n) is 4.62. The van der Waals surface area contributed by atoms with Crippen LogP contribution in [0.5, 0.6) is 5.75 Å². The van der Waals surface area contributed by atoms with Gasteiger partial charge in [-0.3, -0.25) is 4.79 Å². The number of hydrogen-bond acceptors (Lipinski definition) is 4. The number of rotatable bonds is 1. The van der Waals surface area contributed by atoms with Gasteiger partial charge in [0.05, 0.1) is 22.1 Å². The summed E-state index contributed by atoms with van der Waals surface area (Å²) in [6.45, 7) is 0. The van der Waals surface area contributed by atoms with Crippen molar-refractivity contribution in [3.8, 4) is 5.75 Å². The molecule has 2 heterocycles. The van der Waals surface area contributed by atoms with E-state index in [9.17, 15) is 14.0 Å². The minimum Gasteiger partial charge on any atom is -0.449 e. The first-order chi connectivity index (χ1) is 10.4. The van der Waals surface area contributed by atoms with Crippen LogP contribution in [0.3, 0.4) is 0 Å². The van der Waals surface area contributed by atoms with Gasteiger partial charge < -0.3 is 14.4 Å². The predicted octanol–water partition coefficient (Wildman–Crippen LogP) is 2.94. The zero-order valence-electron chi connectivity index (χ0n) is 11.1. The van der Waals surface area contributed by atoms with E-state index in [0.29, 0.717) is 16.6 Å². The minimum atomic E-state index is -1.59. The Morgan fingerprint density at radius 2 is 2.14 bits per heavy atom. The number of carbonyl (C=O) groups is 1. The molecule has 0 fully saturated rings. The third-order valence-electron chi connectivity index (χ3n) is 3.15. The summed E-state index contributed by atoms with van der Waals surface area (Å²) < 4.78 is 19.4. The van der Waals surface area contributed by atoms with Gasteiger partial charge in [0, 0.05) is 12.4 Å². The highest BCUT2D eigenvalue weighted by Gasteiger charge is 2.14. The van der Waals surface area contributed by atoms with Crippen molar-refractivity contribution in [2.45, 2.75) is 0 Å². The summed E-state index contributed by atoms with van der Waals surface area (Å²) in [6, 6.07) is 3.94. The van der Waals surface area contributed by atoms with Crippen molar-refractivity contribution in [1.29, 1.82) is 0 Å². The van der Waals surface area contributed by atoms with Crippen molar-refractivity contribution in [2.24, 2.45) is 7.05 Å². The summed E-state index contributed by atoms with van der Waals surface area (Å²) in [6.07, 6.45) is -0.369. The molecule has 8 heteroatoms. The molecule has 1 N–H and O–H groups in total. The molecule has 0 spiro atoms. The summed E-state index contributed by atoms with van der Waals surface area (Å²) in [7, 11) is 1.58. The van der Waals surface area contributed by atoms with Crippen LogP contribution >= 0.6 is 11.6 Å². The van der Waals surface area contributed by atoms with Crippen molar-refractivity contribution in [3.05, 3.63) is 45.5 Å². The van der Waals surface area contributed by atoms with Crippen LogP contribution in [0.1, 0.15) is 0 Å². The zero-order valence-corrected chi connectivity index (χ0v) is 11.9. The van der Waals surface area contributed by atoms with E-state index >= 15 is 0 Å². The second-order valence-corrected chi connectivity index (χ2v) is 5.03. The fourth-order valence-electron chi connectivity index (χ4n) is 2.19. The Labute approximate surface area is 127 Å². The molecule has 0 atom stereocenters. The van der Waals surface area contributed by atoms with E-state index < -0.39 is 17.4 Å². The van der Waals surface area contributed by atoms with Gasteiger partial charge in [-0.25, -0.2) is 14.2 Å². The predicted molar refractivity (Wildman–Crippen MR) is 78.1 cm³/mol. The summed E-state index contributed by atoms with van der Waals surface area (Å²) in [4.78, 5) is 27.1. The number of hydrogen-bond donors (Lipinski definition) is 1. The number of pyridine rings is 2. The van der Waals surface area contributed by atoms with Gasteiger partial charge in [-0.2, -0.15) is 0 Å². The molecule has 22 heavy (non-hydrogen) atoms. The van der Waals surface area contributed by atoms with Gasteiger partial charge in [0.25, 0.3) is 0 Å². The lowest BCUT2D eigenvalue weighted by Crippen LogP contribution is -2.16. The van der Waals surface area contributed by atoms with Gasteiger partial charge in [-0.05, 0) is 18.2 Å². The van der Waals surface area contributed by atoms with Crippen LogP contribution in [0, 0.1) is 5.82 Å². The van der Waals surface area contributed by atoms with Gasteiger partial charge >= 0.3 is 6.16 Å². The average molecular weight is 323 g/mol. The summed E-state index contributed by atoms with van der Waals surface area (Å²) in [5.41, 5.74) is 0.0824. The van der Waals surface area contributed by atoms with Gasteiger partial charge in [0.15, 0.2) is 5.75 Å². The third-order valence-corrected chi connectivity index (χ3v) is 3.44. The number of nitrogens with zero attached hydrogens (tertiary/aromatic N) is 2. The van der Waals surface area contributed by atoms with Gasteiger partial charge in [-0.15, -0.1) is 0 Å². The summed E-state index contributed by atoms with van der Waals surface area (Å²) >= 11 is 5.72. The number of halogens is 2. The van der Waals surface area contributed by atoms with Crippen molar-refractivity contribution in [2.75, 3.05) is 0 Å². The maximum atomic E-state index is 13.5. The van der Waals surface area contributed by atoms with E-state index in [4.69, 9.17) is 16.7 Å². The first-order valence-electron chi connectivity index (χ1n) is 6.07. The van der Waals surface area contributed by atoms with E-state index in [-0.39, 0.29) is 16.2 Å². The number of aromatic nitrogens is 2. The first-order valence-corrected chi connectivity index (χ1v) is 6.44. The van der Waals surface area contributed by atoms with Gasteiger partial charge in [-0.1, -0.05) is 11.6 Å². The van der Waals surface area contributed by atoms with Crippen molar-refractivity contribution in [3.63, 3.8) is 0 Å². The van der Waals surface area contributed by atoms with Crippen LogP contribution in [-0.4, -0.2) is 20.8 Å². The molecule has 0 aliphatic carbocycles. The minimum absolute atomic E-state index is 0.0739. The molecule has 0 amide bonds. The molecule has 0 unspecified atom stereocenters. The van der Waals surface area contributed by atoms with Crippen LogP contribution in [-0.2, 0) is 7.05 Å². The molecule has 6 nitrogen and oxygen atoms in total. The molecule has 2 aromatic heterocycles. The van der Waals surface area contributed by atoms with E-state index in [1.165, 1.54) is 22.9 Å². The summed E-state index contributed by atoms with van der Waals surface area (Å²) in [5, 5.41) is 9.06. The molecule has 0 saturated heterocycles. The quantitative estimate of drug-likeness (QED) is 0.550. The fourth-order valence-corrected chi connectivity index (χ4v) is 2.35. The van der Waals surface area contributed by atoms with Crippen LogP contribution in [0.4, 0.5) is 9.18 Å².